The van der Waals surface area contributed by atoms with Gasteiger partial charge in [-0.1, -0.05) is 6.42 Å². The van der Waals surface area contributed by atoms with Crippen LogP contribution in [-0.4, -0.2) is 23.0 Å². The van der Waals surface area contributed by atoms with Crippen LogP contribution in [0.5, 0.6) is 0 Å². The van der Waals surface area contributed by atoms with E-state index in [9.17, 15) is 9.59 Å². The van der Waals surface area contributed by atoms with Gasteiger partial charge in [-0.2, -0.15) is 0 Å². The van der Waals surface area contributed by atoms with Gasteiger partial charge >= 0.3 is 5.97 Å². The Hall–Kier alpha value is -1.62. The average molecular weight is 279 g/mol. The molecule has 0 radical (unpaired) electrons. The maximum Gasteiger partial charge on any atom is 0.328 e. The number of hydrogen-bond acceptors (Lipinski definition) is 3. The third-order valence-corrected chi connectivity index (χ3v) is 4.45. The van der Waals surface area contributed by atoms with Crippen LogP contribution in [-0.2, 0) is 4.79 Å². The predicted molar refractivity (Wildman–Crippen MR) is 75.3 cm³/mol. The van der Waals surface area contributed by atoms with Crippen molar-refractivity contribution in [2.24, 2.45) is 5.92 Å². The normalized spacial score (nSPS) is 17.1. The number of hydrogen-bond donors (Lipinski definition) is 2. The highest BCUT2D eigenvalue weighted by Gasteiger charge is 2.25. The number of carboxylic acids is 1. The van der Waals surface area contributed by atoms with E-state index in [1.807, 2.05) is 6.92 Å². The molecule has 0 aliphatic heterocycles. The molecule has 1 unspecified atom stereocenters. The molecule has 1 aliphatic rings. The number of rotatable bonds is 5. The Morgan fingerprint density at radius 1 is 1.53 bits per heavy atom. The molecular formula is C14H17NO3S. The van der Waals surface area contributed by atoms with Gasteiger partial charge in [0.05, 0.1) is 4.88 Å². The van der Waals surface area contributed by atoms with Crippen molar-refractivity contribution in [1.29, 1.82) is 0 Å². The monoisotopic (exact) mass is 279 g/mol. The minimum atomic E-state index is -1.01. The maximum atomic E-state index is 12.1. The summed E-state index contributed by atoms with van der Waals surface area (Å²) in [6, 6.07) is 1.94. The van der Waals surface area contributed by atoms with Crippen molar-refractivity contribution in [2.75, 3.05) is 0 Å². The Kier molecular flexibility index (Phi) is 4.37. The first kappa shape index (κ1) is 13.8. The van der Waals surface area contributed by atoms with Gasteiger partial charge in [0.1, 0.15) is 0 Å². The second kappa shape index (κ2) is 6.02. The van der Waals surface area contributed by atoms with Gasteiger partial charge < -0.3 is 10.4 Å². The third-order valence-electron chi connectivity index (χ3n) is 3.52. The van der Waals surface area contributed by atoms with Crippen LogP contribution in [0.3, 0.4) is 0 Å². The molecule has 0 spiro atoms. The Morgan fingerprint density at radius 2 is 2.26 bits per heavy atom. The molecule has 5 heteroatoms. The van der Waals surface area contributed by atoms with E-state index in [0.717, 1.165) is 6.08 Å². The summed E-state index contributed by atoms with van der Waals surface area (Å²) in [4.78, 5) is 23.2. The highest BCUT2D eigenvalue weighted by Crippen LogP contribution is 2.29. The first-order chi connectivity index (χ1) is 9.08. The molecule has 4 nitrogen and oxygen atoms in total. The fourth-order valence-electron chi connectivity index (χ4n) is 2.13. The molecule has 1 amide bonds. The second-order valence-corrected chi connectivity index (χ2v) is 5.75. The minimum absolute atomic E-state index is 0.112. The lowest BCUT2D eigenvalue weighted by Crippen LogP contribution is -2.40. The van der Waals surface area contributed by atoms with Gasteiger partial charge in [-0.25, -0.2) is 4.79 Å². The number of thiophene rings is 1. The number of carbonyl (C=O) groups is 2. The number of nitrogens with one attached hydrogen (secondary N) is 1. The molecule has 2 rings (SSSR count). The van der Waals surface area contributed by atoms with Crippen LogP contribution in [0.1, 0.15) is 41.4 Å². The molecule has 1 fully saturated rings. The standard InChI is InChI=1S/C14H17NO3S/c1-9(10-3-2-4-10)15-14(18)13-11(7-8-19-13)5-6-12(16)17/h5-10H,2-4H2,1H3,(H,15,18)(H,16,17)/b6-5+. The summed E-state index contributed by atoms with van der Waals surface area (Å²) in [5, 5.41) is 13.4. The molecule has 1 aromatic heterocycles. The van der Waals surface area contributed by atoms with Crippen molar-refractivity contribution < 1.29 is 14.7 Å². The zero-order chi connectivity index (χ0) is 13.8. The molecule has 1 saturated carbocycles. The summed E-state index contributed by atoms with van der Waals surface area (Å²) in [6.07, 6.45) is 6.11. The molecule has 0 saturated heterocycles. The van der Waals surface area contributed by atoms with Gasteiger partial charge in [-0.3, -0.25) is 4.79 Å². The first-order valence-corrected chi connectivity index (χ1v) is 7.25. The van der Waals surface area contributed by atoms with E-state index in [1.54, 1.807) is 11.4 Å². The van der Waals surface area contributed by atoms with Crippen molar-refractivity contribution in [1.82, 2.24) is 5.32 Å². The van der Waals surface area contributed by atoms with Gasteiger partial charge in [-0.15, -0.1) is 11.3 Å². The van der Waals surface area contributed by atoms with Crippen LogP contribution in [0.4, 0.5) is 0 Å². The summed E-state index contributed by atoms with van der Waals surface area (Å²) < 4.78 is 0. The fraction of sp³-hybridized carbons (Fsp3) is 0.429. The molecule has 1 heterocycles. The molecule has 0 bridgehead atoms. The number of amides is 1. The zero-order valence-corrected chi connectivity index (χ0v) is 11.6. The van der Waals surface area contributed by atoms with Gasteiger partial charge in [0.25, 0.3) is 5.91 Å². The van der Waals surface area contributed by atoms with Crippen molar-refractivity contribution in [3.8, 4) is 0 Å². The minimum Gasteiger partial charge on any atom is -0.478 e. The van der Waals surface area contributed by atoms with E-state index in [2.05, 4.69) is 5.32 Å². The smallest absolute Gasteiger partial charge is 0.328 e. The van der Waals surface area contributed by atoms with Gasteiger partial charge in [0.2, 0.25) is 0 Å². The van der Waals surface area contributed by atoms with Crippen LogP contribution < -0.4 is 5.32 Å². The van der Waals surface area contributed by atoms with Crippen LogP contribution in [0.2, 0.25) is 0 Å². The summed E-state index contributed by atoms with van der Waals surface area (Å²) in [5.41, 5.74) is 0.658. The van der Waals surface area contributed by atoms with Crippen molar-refractivity contribution in [2.45, 2.75) is 32.2 Å². The van der Waals surface area contributed by atoms with E-state index >= 15 is 0 Å². The van der Waals surface area contributed by atoms with Gasteiger partial charge in [0, 0.05) is 12.1 Å². The molecule has 102 valence electrons. The molecule has 2 N–H and O–H groups in total. The third kappa shape index (κ3) is 3.44. The SMILES string of the molecule is CC(NC(=O)c1sccc1/C=C/C(=O)O)C1CCC1. The number of aliphatic carboxylic acids is 1. The van der Waals surface area contributed by atoms with Crippen LogP contribution in [0.15, 0.2) is 17.5 Å². The summed E-state index contributed by atoms with van der Waals surface area (Å²) >= 11 is 1.33. The lowest BCUT2D eigenvalue weighted by molar-refractivity contribution is -0.131. The Bertz CT molecular complexity index is 503. The Balaban J connectivity index is 2.02. The fourth-order valence-corrected chi connectivity index (χ4v) is 2.91. The van der Waals surface area contributed by atoms with Gasteiger partial charge in [0.15, 0.2) is 0 Å². The molecule has 19 heavy (non-hydrogen) atoms. The van der Waals surface area contributed by atoms with E-state index in [0.29, 0.717) is 16.4 Å². The molecule has 0 aromatic carbocycles. The van der Waals surface area contributed by atoms with E-state index in [1.165, 1.54) is 36.7 Å². The first-order valence-electron chi connectivity index (χ1n) is 6.37. The highest BCUT2D eigenvalue weighted by atomic mass is 32.1. The zero-order valence-electron chi connectivity index (χ0n) is 10.8. The quantitative estimate of drug-likeness (QED) is 0.814. The van der Waals surface area contributed by atoms with Crippen molar-refractivity contribution in [3.63, 3.8) is 0 Å². The predicted octanol–water partition coefficient (Wildman–Crippen LogP) is 2.76. The van der Waals surface area contributed by atoms with Crippen LogP contribution >= 0.6 is 11.3 Å². The van der Waals surface area contributed by atoms with Crippen molar-refractivity contribution in [3.05, 3.63) is 28.0 Å². The Labute approximate surface area is 116 Å². The van der Waals surface area contributed by atoms with Crippen LogP contribution in [0.25, 0.3) is 6.08 Å². The largest absolute Gasteiger partial charge is 0.478 e. The number of carboxylic acid groups (broad SMARTS) is 1. The van der Waals surface area contributed by atoms with Gasteiger partial charge in [-0.05, 0) is 48.8 Å². The summed E-state index contributed by atoms with van der Waals surface area (Å²) in [6.45, 7) is 2.03. The highest BCUT2D eigenvalue weighted by molar-refractivity contribution is 7.12. The Morgan fingerprint density at radius 3 is 2.84 bits per heavy atom. The number of carbonyl (C=O) groups excluding carboxylic acids is 1. The van der Waals surface area contributed by atoms with Crippen LogP contribution in [0, 0.1) is 5.92 Å². The maximum absolute atomic E-state index is 12.1. The van der Waals surface area contributed by atoms with Crippen molar-refractivity contribution >= 4 is 29.3 Å². The summed E-state index contributed by atoms with van der Waals surface area (Å²) in [5.74, 6) is -0.540. The lowest BCUT2D eigenvalue weighted by atomic mass is 9.80. The molecule has 1 aromatic rings. The van der Waals surface area contributed by atoms with E-state index in [4.69, 9.17) is 5.11 Å². The lowest BCUT2D eigenvalue weighted by Gasteiger charge is -2.31. The molecule has 1 aliphatic carbocycles. The van der Waals surface area contributed by atoms with E-state index < -0.39 is 5.97 Å². The topological polar surface area (TPSA) is 66.4 Å². The second-order valence-electron chi connectivity index (χ2n) is 4.83. The molecule has 1 atom stereocenters. The average Bonchev–Trinajstić information content (AvgIpc) is 2.71. The van der Waals surface area contributed by atoms with E-state index in [-0.39, 0.29) is 11.9 Å². The summed E-state index contributed by atoms with van der Waals surface area (Å²) in [7, 11) is 0. The molecular weight excluding hydrogens is 262 g/mol.